The van der Waals surface area contributed by atoms with E-state index in [-0.39, 0.29) is 0 Å². The third-order valence-electron chi connectivity index (χ3n) is 2.61. The van der Waals surface area contributed by atoms with Crippen LogP contribution in [0.5, 0.6) is 0 Å². The van der Waals surface area contributed by atoms with Gasteiger partial charge in [-0.15, -0.1) is 0 Å². The van der Waals surface area contributed by atoms with Crippen LogP contribution in [0, 0.1) is 0 Å². The smallest absolute Gasteiger partial charge is 0.0845 e. The second-order valence-electron chi connectivity index (χ2n) is 3.83. The number of hydrogen-bond donors (Lipinski definition) is 1. The van der Waals surface area contributed by atoms with Gasteiger partial charge in [0.25, 0.3) is 0 Å². The van der Waals surface area contributed by atoms with E-state index >= 15 is 0 Å². The van der Waals surface area contributed by atoms with Gasteiger partial charge in [0.15, 0.2) is 0 Å². The molecule has 2 nitrogen and oxygen atoms in total. The fourth-order valence-corrected chi connectivity index (χ4v) is 2.50. The van der Waals surface area contributed by atoms with Crippen LogP contribution in [0.15, 0.2) is 41.1 Å². The normalized spacial score (nSPS) is 12.4. The van der Waals surface area contributed by atoms with Gasteiger partial charge in [-0.3, -0.25) is 4.98 Å². The molecule has 0 bridgehead atoms. The van der Waals surface area contributed by atoms with Crippen molar-refractivity contribution in [2.24, 2.45) is 0 Å². The number of nitrogens with zero attached hydrogens (tertiary/aromatic N) is 1. The predicted octanol–water partition coefficient (Wildman–Crippen LogP) is 4.43. The van der Waals surface area contributed by atoms with Gasteiger partial charge in [-0.05, 0) is 33.6 Å². The number of pyridine rings is 1. The standard InChI is InChI=1S/C13H10BrCl2NO/c14-10-3-1-2-9(13(10)16)12(18)6-8-4-5-17-7-11(8)15/h1-5,7,12,18H,6H2. The highest BCUT2D eigenvalue weighted by atomic mass is 79.9. The summed E-state index contributed by atoms with van der Waals surface area (Å²) < 4.78 is 0.765. The summed E-state index contributed by atoms with van der Waals surface area (Å²) in [5.74, 6) is 0. The Morgan fingerprint density at radius 1 is 1.28 bits per heavy atom. The van der Waals surface area contributed by atoms with Crippen molar-refractivity contribution in [3.8, 4) is 0 Å². The van der Waals surface area contributed by atoms with Crippen LogP contribution in [0.1, 0.15) is 17.2 Å². The second-order valence-corrected chi connectivity index (χ2v) is 5.47. The molecule has 0 amide bonds. The monoisotopic (exact) mass is 345 g/mol. The maximum atomic E-state index is 10.2. The molecule has 1 unspecified atom stereocenters. The van der Waals surface area contributed by atoms with E-state index in [1.807, 2.05) is 12.1 Å². The lowest BCUT2D eigenvalue weighted by atomic mass is 10.0. The number of aliphatic hydroxyl groups excluding tert-OH is 1. The average Bonchev–Trinajstić information content (AvgIpc) is 2.35. The lowest BCUT2D eigenvalue weighted by molar-refractivity contribution is 0.178. The summed E-state index contributed by atoms with van der Waals surface area (Å²) in [6.07, 6.45) is 2.91. The molecule has 1 aromatic carbocycles. The summed E-state index contributed by atoms with van der Waals surface area (Å²) in [5, 5.41) is 11.3. The summed E-state index contributed by atoms with van der Waals surface area (Å²) in [5.41, 5.74) is 1.52. The minimum Gasteiger partial charge on any atom is -0.388 e. The average molecular weight is 347 g/mol. The van der Waals surface area contributed by atoms with Crippen LogP contribution in [0.3, 0.4) is 0 Å². The topological polar surface area (TPSA) is 33.1 Å². The Morgan fingerprint density at radius 2 is 2.06 bits per heavy atom. The van der Waals surface area contributed by atoms with Gasteiger partial charge in [-0.2, -0.15) is 0 Å². The Labute approximate surface area is 124 Å². The van der Waals surface area contributed by atoms with E-state index in [4.69, 9.17) is 23.2 Å². The third-order valence-corrected chi connectivity index (χ3v) is 4.26. The quantitative estimate of drug-likeness (QED) is 0.891. The first-order chi connectivity index (χ1) is 8.59. The zero-order valence-electron chi connectivity index (χ0n) is 9.28. The van der Waals surface area contributed by atoms with Gasteiger partial charge < -0.3 is 5.11 Å². The van der Waals surface area contributed by atoms with Crippen molar-refractivity contribution in [1.82, 2.24) is 4.98 Å². The highest BCUT2D eigenvalue weighted by Crippen LogP contribution is 2.32. The summed E-state index contributed by atoms with van der Waals surface area (Å²) in [4.78, 5) is 3.91. The maximum Gasteiger partial charge on any atom is 0.0845 e. The van der Waals surface area contributed by atoms with E-state index in [9.17, 15) is 5.11 Å². The minimum atomic E-state index is -0.699. The van der Waals surface area contributed by atoms with E-state index in [2.05, 4.69) is 20.9 Å². The lowest BCUT2D eigenvalue weighted by Crippen LogP contribution is -2.03. The molecule has 0 spiro atoms. The van der Waals surface area contributed by atoms with Gasteiger partial charge in [0, 0.05) is 28.9 Å². The molecule has 0 radical (unpaired) electrons. The van der Waals surface area contributed by atoms with Gasteiger partial charge >= 0.3 is 0 Å². The fraction of sp³-hybridized carbons (Fsp3) is 0.154. The van der Waals surface area contributed by atoms with Crippen molar-refractivity contribution in [3.05, 3.63) is 62.3 Å². The largest absolute Gasteiger partial charge is 0.388 e. The first-order valence-electron chi connectivity index (χ1n) is 5.30. The Hall–Kier alpha value is -0.610. The maximum absolute atomic E-state index is 10.2. The zero-order chi connectivity index (χ0) is 13.1. The van der Waals surface area contributed by atoms with E-state index in [0.29, 0.717) is 22.0 Å². The molecule has 1 aromatic heterocycles. The molecule has 1 atom stereocenters. The zero-order valence-corrected chi connectivity index (χ0v) is 12.4. The Kier molecular flexibility index (Phi) is 4.62. The first-order valence-corrected chi connectivity index (χ1v) is 6.85. The van der Waals surface area contributed by atoms with Gasteiger partial charge in [0.2, 0.25) is 0 Å². The molecule has 94 valence electrons. The number of halogens is 3. The lowest BCUT2D eigenvalue weighted by Gasteiger charge is -2.14. The number of benzene rings is 1. The van der Waals surface area contributed by atoms with Crippen molar-refractivity contribution in [2.45, 2.75) is 12.5 Å². The molecule has 0 aliphatic carbocycles. The van der Waals surface area contributed by atoms with Gasteiger partial charge in [0.05, 0.1) is 16.1 Å². The second kappa shape index (κ2) is 6.02. The Morgan fingerprint density at radius 3 is 2.78 bits per heavy atom. The Balaban J connectivity index is 2.25. The van der Waals surface area contributed by atoms with Crippen molar-refractivity contribution in [1.29, 1.82) is 0 Å². The summed E-state index contributed by atoms with van der Waals surface area (Å²) in [6.45, 7) is 0. The summed E-state index contributed by atoms with van der Waals surface area (Å²) in [7, 11) is 0. The van der Waals surface area contributed by atoms with Crippen molar-refractivity contribution in [3.63, 3.8) is 0 Å². The molecule has 0 saturated carbocycles. The van der Waals surface area contributed by atoms with Crippen LogP contribution in [0.2, 0.25) is 10.0 Å². The molecular formula is C13H10BrCl2NO. The van der Waals surface area contributed by atoms with E-state index < -0.39 is 6.10 Å². The van der Waals surface area contributed by atoms with Crippen molar-refractivity contribution < 1.29 is 5.11 Å². The van der Waals surface area contributed by atoms with Crippen molar-refractivity contribution >= 4 is 39.1 Å². The first kappa shape index (κ1) is 13.8. The Bertz CT molecular complexity index is 562. The van der Waals surface area contributed by atoms with Gasteiger partial charge in [-0.1, -0.05) is 35.3 Å². The van der Waals surface area contributed by atoms with Crippen LogP contribution >= 0.6 is 39.1 Å². The third kappa shape index (κ3) is 3.04. The molecule has 5 heteroatoms. The molecule has 18 heavy (non-hydrogen) atoms. The van der Waals surface area contributed by atoms with E-state index in [1.165, 1.54) is 0 Å². The molecular weight excluding hydrogens is 337 g/mol. The molecule has 0 saturated heterocycles. The van der Waals surface area contributed by atoms with Crippen LogP contribution in [-0.2, 0) is 6.42 Å². The van der Waals surface area contributed by atoms with Gasteiger partial charge in [-0.25, -0.2) is 0 Å². The van der Waals surface area contributed by atoms with Crippen LogP contribution in [0.4, 0.5) is 0 Å². The number of aromatic nitrogens is 1. The highest BCUT2D eigenvalue weighted by molar-refractivity contribution is 9.10. The number of aliphatic hydroxyl groups is 1. The highest BCUT2D eigenvalue weighted by Gasteiger charge is 2.15. The van der Waals surface area contributed by atoms with Crippen LogP contribution in [0.25, 0.3) is 0 Å². The molecule has 1 heterocycles. The fourth-order valence-electron chi connectivity index (χ4n) is 1.67. The minimum absolute atomic E-state index is 0.400. The van der Waals surface area contributed by atoms with Crippen molar-refractivity contribution in [2.75, 3.05) is 0 Å². The molecule has 0 aliphatic heterocycles. The number of rotatable bonds is 3. The van der Waals surface area contributed by atoms with Crippen LogP contribution < -0.4 is 0 Å². The van der Waals surface area contributed by atoms with Gasteiger partial charge in [0.1, 0.15) is 0 Å². The molecule has 1 N–H and O–H groups in total. The molecule has 0 fully saturated rings. The van der Waals surface area contributed by atoms with E-state index in [1.54, 1.807) is 24.5 Å². The summed E-state index contributed by atoms with van der Waals surface area (Å²) in [6, 6.07) is 7.25. The molecule has 2 aromatic rings. The summed E-state index contributed by atoms with van der Waals surface area (Å²) >= 11 is 15.5. The van der Waals surface area contributed by atoms with Crippen LogP contribution in [-0.4, -0.2) is 10.1 Å². The molecule has 2 rings (SSSR count). The molecule has 0 aliphatic rings. The SMILES string of the molecule is OC(Cc1ccncc1Cl)c1cccc(Br)c1Cl. The predicted molar refractivity (Wildman–Crippen MR) is 77.1 cm³/mol. The van der Waals surface area contributed by atoms with E-state index in [0.717, 1.165) is 10.0 Å². The number of hydrogen-bond acceptors (Lipinski definition) is 2.